The molecule has 1 saturated carbocycles. The van der Waals surface area contributed by atoms with E-state index in [0.29, 0.717) is 19.0 Å². The highest BCUT2D eigenvalue weighted by Gasteiger charge is 2.29. The van der Waals surface area contributed by atoms with Gasteiger partial charge in [0, 0.05) is 32.6 Å². The Labute approximate surface area is 133 Å². The average molecular weight is 408 g/mol. The van der Waals surface area contributed by atoms with Crippen molar-refractivity contribution in [3.8, 4) is 0 Å². The van der Waals surface area contributed by atoms with Crippen molar-refractivity contribution in [1.29, 1.82) is 0 Å². The predicted octanol–water partition coefficient (Wildman–Crippen LogP) is 1.25. The maximum Gasteiger partial charge on any atom is 0.390 e. The Kier molecular flexibility index (Phi) is 8.90. The Morgan fingerprint density at radius 2 is 1.70 bits per heavy atom. The summed E-state index contributed by atoms with van der Waals surface area (Å²) in [5, 5.41) is 8.12. The Balaban J connectivity index is 0.00000361. The van der Waals surface area contributed by atoms with E-state index in [2.05, 4.69) is 20.9 Å². The molecular formula is C11H20F3IN4O. The second-order valence-electron chi connectivity index (χ2n) is 4.36. The molecule has 1 aliphatic carbocycles. The molecule has 3 N–H and O–H groups in total. The van der Waals surface area contributed by atoms with Crippen LogP contribution in [-0.4, -0.2) is 44.7 Å². The van der Waals surface area contributed by atoms with E-state index in [1.54, 1.807) is 0 Å². The second kappa shape index (κ2) is 9.24. The van der Waals surface area contributed by atoms with Gasteiger partial charge in [-0.05, 0) is 12.8 Å². The normalized spacial score (nSPS) is 15.3. The predicted molar refractivity (Wildman–Crippen MR) is 81.2 cm³/mol. The van der Waals surface area contributed by atoms with Gasteiger partial charge in [0.05, 0.1) is 6.42 Å². The van der Waals surface area contributed by atoms with Crippen LogP contribution < -0.4 is 16.0 Å². The molecule has 0 aromatic heterocycles. The molecule has 0 bridgehead atoms. The minimum atomic E-state index is -4.18. The number of hydrogen-bond donors (Lipinski definition) is 3. The number of nitrogens with zero attached hydrogens (tertiary/aromatic N) is 1. The van der Waals surface area contributed by atoms with Gasteiger partial charge >= 0.3 is 6.18 Å². The number of alkyl halides is 3. The number of rotatable bonds is 6. The third kappa shape index (κ3) is 9.21. The van der Waals surface area contributed by atoms with Crippen molar-refractivity contribution in [3.05, 3.63) is 0 Å². The van der Waals surface area contributed by atoms with Crippen molar-refractivity contribution < 1.29 is 18.0 Å². The van der Waals surface area contributed by atoms with Gasteiger partial charge in [-0.3, -0.25) is 9.79 Å². The van der Waals surface area contributed by atoms with Crippen LogP contribution in [0.25, 0.3) is 0 Å². The maximum atomic E-state index is 11.9. The first-order chi connectivity index (χ1) is 8.92. The van der Waals surface area contributed by atoms with E-state index in [4.69, 9.17) is 0 Å². The fraction of sp³-hybridized carbons (Fsp3) is 0.818. The number of hydrogen-bond acceptors (Lipinski definition) is 2. The van der Waals surface area contributed by atoms with Crippen LogP contribution in [0.2, 0.25) is 0 Å². The van der Waals surface area contributed by atoms with Crippen LogP contribution in [-0.2, 0) is 4.79 Å². The molecule has 20 heavy (non-hydrogen) atoms. The van der Waals surface area contributed by atoms with Gasteiger partial charge in [0.15, 0.2) is 5.96 Å². The van der Waals surface area contributed by atoms with E-state index in [9.17, 15) is 18.0 Å². The number of halogens is 4. The molecule has 0 atom stereocenters. The molecule has 1 amide bonds. The number of amides is 1. The summed E-state index contributed by atoms with van der Waals surface area (Å²) in [6, 6.07) is 0. The van der Waals surface area contributed by atoms with Gasteiger partial charge in [-0.1, -0.05) is 0 Å². The summed E-state index contributed by atoms with van der Waals surface area (Å²) in [4.78, 5) is 15.1. The number of aliphatic imine (C=N–C) groups is 1. The molecule has 9 heteroatoms. The quantitative estimate of drug-likeness (QED) is 0.268. The Bertz CT molecular complexity index is 332. The Morgan fingerprint density at radius 1 is 1.15 bits per heavy atom. The van der Waals surface area contributed by atoms with E-state index < -0.39 is 12.6 Å². The van der Waals surface area contributed by atoms with Crippen molar-refractivity contribution in [2.24, 2.45) is 10.9 Å². The largest absolute Gasteiger partial charge is 0.390 e. The zero-order valence-corrected chi connectivity index (χ0v) is 13.5. The lowest BCUT2D eigenvalue weighted by Gasteiger charge is -2.13. The summed E-state index contributed by atoms with van der Waals surface area (Å²) >= 11 is 0. The van der Waals surface area contributed by atoms with Gasteiger partial charge < -0.3 is 16.0 Å². The third-order valence-corrected chi connectivity index (χ3v) is 2.59. The molecule has 118 valence electrons. The van der Waals surface area contributed by atoms with E-state index in [0.717, 1.165) is 12.8 Å². The molecule has 1 aliphatic rings. The van der Waals surface area contributed by atoms with Crippen LogP contribution in [0.15, 0.2) is 4.99 Å². The number of guanidine groups is 1. The zero-order chi connectivity index (χ0) is 14.3. The first-order valence-corrected chi connectivity index (χ1v) is 6.21. The molecule has 0 saturated heterocycles. The molecule has 0 unspecified atom stereocenters. The molecule has 0 spiro atoms. The second-order valence-corrected chi connectivity index (χ2v) is 4.36. The first kappa shape index (κ1) is 19.3. The molecule has 0 aliphatic heterocycles. The molecule has 1 rings (SSSR count). The van der Waals surface area contributed by atoms with Gasteiger partial charge in [0.1, 0.15) is 0 Å². The number of nitrogens with one attached hydrogen (secondary N) is 3. The summed E-state index contributed by atoms with van der Waals surface area (Å²) in [5.41, 5.74) is 0. The minimum Gasteiger partial charge on any atom is -0.356 e. The minimum absolute atomic E-state index is 0. The molecule has 0 aromatic rings. The zero-order valence-electron chi connectivity index (χ0n) is 11.2. The van der Waals surface area contributed by atoms with Crippen molar-refractivity contribution >= 4 is 35.8 Å². The lowest BCUT2D eigenvalue weighted by molar-refractivity contribution is -0.132. The lowest BCUT2D eigenvalue weighted by Crippen LogP contribution is -2.42. The molecule has 0 aromatic carbocycles. The van der Waals surface area contributed by atoms with E-state index in [1.165, 1.54) is 7.05 Å². The van der Waals surface area contributed by atoms with Gasteiger partial charge in [0.2, 0.25) is 5.91 Å². The molecule has 1 fully saturated rings. The lowest BCUT2D eigenvalue weighted by atomic mass is 10.4. The molecular weight excluding hydrogens is 388 g/mol. The van der Waals surface area contributed by atoms with Crippen LogP contribution in [0, 0.1) is 5.92 Å². The van der Waals surface area contributed by atoms with Gasteiger partial charge in [0.25, 0.3) is 0 Å². The smallest absolute Gasteiger partial charge is 0.356 e. The van der Waals surface area contributed by atoms with Gasteiger partial charge in [-0.2, -0.15) is 13.2 Å². The van der Waals surface area contributed by atoms with Crippen LogP contribution >= 0.6 is 24.0 Å². The van der Waals surface area contributed by atoms with Crippen molar-refractivity contribution in [1.82, 2.24) is 16.0 Å². The van der Waals surface area contributed by atoms with E-state index in [1.807, 2.05) is 0 Å². The highest BCUT2D eigenvalue weighted by molar-refractivity contribution is 14.0. The average Bonchev–Trinajstić information content (AvgIpc) is 3.14. The fourth-order valence-corrected chi connectivity index (χ4v) is 1.40. The summed E-state index contributed by atoms with van der Waals surface area (Å²) < 4.78 is 35.8. The first-order valence-electron chi connectivity index (χ1n) is 6.21. The van der Waals surface area contributed by atoms with E-state index in [-0.39, 0.29) is 42.3 Å². The maximum absolute atomic E-state index is 11.9. The highest BCUT2D eigenvalue weighted by Crippen LogP contribution is 2.28. The third-order valence-electron chi connectivity index (χ3n) is 2.59. The van der Waals surface area contributed by atoms with Crippen LogP contribution in [0.1, 0.15) is 19.3 Å². The summed E-state index contributed by atoms with van der Waals surface area (Å²) in [5.74, 6) is 0.496. The van der Waals surface area contributed by atoms with Crippen molar-refractivity contribution in [3.63, 3.8) is 0 Å². The summed E-state index contributed by atoms with van der Waals surface area (Å²) in [7, 11) is 1.48. The Morgan fingerprint density at radius 3 is 2.20 bits per heavy atom. The van der Waals surface area contributed by atoms with E-state index >= 15 is 0 Å². The van der Waals surface area contributed by atoms with Crippen LogP contribution in [0.5, 0.6) is 0 Å². The van der Waals surface area contributed by atoms with Gasteiger partial charge in [-0.25, -0.2) is 0 Å². The topological polar surface area (TPSA) is 65.5 Å². The summed E-state index contributed by atoms with van der Waals surface area (Å²) in [6.07, 6.45) is -3.20. The van der Waals surface area contributed by atoms with Gasteiger partial charge in [-0.15, -0.1) is 24.0 Å². The fourth-order valence-electron chi connectivity index (χ4n) is 1.40. The van der Waals surface area contributed by atoms with Crippen LogP contribution in [0.4, 0.5) is 13.2 Å². The number of carbonyl (C=O) groups is 1. The van der Waals surface area contributed by atoms with Crippen LogP contribution in [0.3, 0.4) is 0 Å². The molecule has 0 heterocycles. The Hall–Kier alpha value is -0.740. The molecule has 0 radical (unpaired) electrons. The molecule has 5 nitrogen and oxygen atoms in total. The summed E-state index contributed by atoms with van der Waals surface area (Å²) in [6.45, 7) is 0.622. The monoisotopic (exact) mass is 408 g/mol. The van der Waals surface area contributed by atoms with Crippen molar-refractivity contribution in [2.45, 2.75) is 25.4 Å². The number of carbonyl (C=O) groups excluding carboxylic acids is 1. The SMILES string of the molecule is CN=C(NCCNC(=O)C1CC1)NCCC(F)(F)F.I. The standard InChI is InChI=1S/C11H19F3N4O.HI/c1-15-10(17-5-4-11(12,13)14)18-7-6-16-9(19)8-2-3-8;/h8H,2-7H2,1H3,(H,16,19)(H2,15,17,18);1H. The van der Waals surface area contributed by atoms with Crippen molar-refractivity contribution in [2.75, 3.05) is 26.7 Å². The highest BCUT2D eigenvalue weighted by atomic mass is 127.